The zero-order valence-corrected chi connectivity index (χ0v) is 13.5. The van der Waals surface area contributed by atoms with E-state index < -0.39 is 0 Å². The molecular formula is C19H17N3O2. The van der Waals surface area contributed by atoms with Crippen molar-refractivity contribution < 1.29 is 9.53 Å². The second kappa shape index (κ2) is 7.80. The molecule has 5 nitrogen and oxygen atoms in total. The number of nitrogens with zero attached hydrogens (tertiary/aromatic N) is 2. The fourth-order valence-corrected chi connectivity index (χ4v) is 2.49. The molecule has 0 saturated carbocycles. The SMILES string of the molecule is COc1ccccc1C(C)CC(=O)Nc1ccc(C#N)c(C#N)c1. The third-order valence-electron chi connectivity index (χ3n) is 3.71. The summed E-state index contributed by atoms with van der Waals surface area (Å²) in [5.41, 5.74) is 2.00. The number of rotatable bonds is 5. The molecule has 0 aromatic heterocycles. The van der Waals surface area contributed by atoms with Gasteiger partial charge < -0.3 is 10.1 Å². The number of ether oxygens (including phenoxy) is 1. The van der Waals surface area contributed by atoms with Crippen LogP contribution in [-0.4, -0.2) is 13.0 Å². The lowest BCUT2D eigenvalue weighted by Crippen LogP contribution is -2.15. The summed E-state index contributed by atoms with van der Waals surface area (Å²) in [6, 6.07) is 16.1. The average molecular weight is 319 g/mol. The van der Waals surface area contributed by atoms with Gasteiger partial charge in [-0.3, -0.25) is 4.79 Å². The van der Waals surface area contributed by atoms with E-state index in [1.807, 2.05) is 43.3 Å². The minimum absolute atomic E-state index is 0.0185. The van der Waals surface area contributed by atoms with Crippen molar-refractivity contribution in [2.45, 2.75) is 19.3 Å². The van der Waals surface area contributed by atoms with Gasteiger partial charge in [0.1, 0.15) is 17.9 Å². The molecule has 0 heterocycles. The Morgan fingerprint density at radius 1 is 1.17 bits per heavy atom. The lowest BCUT2D eigenvalue weighted by atomic mass is 9.96. The summed E-state index contributed by atoms with van der Waals surface area (Å²) in [6.07, 6.45) is 0.280. The van der Waals surface area contributed by atoms with Gasteiger partial charge in [0.2, 0.25) is 5.91 Å². The van der Waals surface area contributed by atoms with Gasteiger partial charge in [0, 0.05) is 12.1 Å². The Labute approximate surface area is 141 Å². The fourth-order valence-electron chi connectivity index (χ4n) is 2.49. The van der Waals surface area contributed by atoms with Gasteiger partial charge in [-0.1, -0.05) is 25.1 Å². The van der Waals surface area contributed by atoms with Gasteiger partial charge in [-0.15, -0.1) is 0 Å². The highest BCUT2D eigenvalue weighted by molar-refractivity contribution is 5.91. The molecule has 2 rings (SSSR count). The van der Waals surface area contributed by atoms with Crippen LogP contribution < -0.4 is 10.1 Å². The molecule has 24 heavy (non-hydrogen) atoms. The fraction of sp³-hybridized carbons (Fsp3) is 0.211. The van der Waals surface area contributed by atoms with Crippen LogP contribution in [0.25, 0.3) is 0 Å². The first-order chi connectivity index (χ1) is 11.6. The number of hydrogen-bond donors (Lipinski definition) is 1. The van der Waals surface area contributed by atoms with Crippen molar-refractivity contribution in [2.24, 2.45) is 0 Å². The maximum Gasteiger partial charge on any atom is 0.224 e. The second-order valence-corrected chi connectivity index (χ2v) is 5.38. The van der Waals surface area contributed by atoms with Gasteiger partial charge in [-0.2, -0.15) is 10.5 Å². The Bertz CT molecular complexity index is 831. The Kier molecular flexibility index (Phi) is 5.54. The Morgan fingerprint density at radius 3 is 2.54 bits per heavy atom. The van der Waals surface area contributed by atoms with E-state index in [2.05, 4.69) is 5.32 Å². The van der Waals surface area contributed by atoms with Gasteiger partial charge in [0.05, 0.1) is 18.2 Å². The van der Waals surface area contributed by atoms with Crippen LogP contribution >= 0.6 is 0 Å². The van der Waals surface area contributed by atoms with Gasteiger partial charge in [-0.25, -0.2) is 0 Å². The van der Waals surface area contributed by atoms with E-state index in [-0.39, 0.29) is 29.4 Å². The highest BCUT2D eigenvalue weighted by Gasteiger charge is 2.15. The van der Waals surface area contributed by atoms with Crippen LogP contribution in [0.4, 0.5) is 5.69 Å². The van der Waals surface area contributed by atoms with Crippen LogP contribution in [0, 0.1) is 22.7 Å². The van der Waals surface area contributed by atoms with Crippen LogP contribution in [0.15, 0.2) is 42.5 Å². The zero-order valence-electron chi connectivity index (χ0n) is 13.5. The summed E-state index contributed by atoms with van der Waals surface area (Å²) in [5.74, 6) is 0.569. The monoisotopic (exact) mass is 319 g/mol. The molecule has 0 radical (unpaired) electrons. The molecule has 0 aliphatic rings. The summed E-state index contributed by atoms with van der Waals surface area (Å²) < 4.78 is 5.32. The van der Waals surface area contributed by atoms with Gasteiger partial charge >= 0.3 is 0 Å². The first-order valence-corrected chi connectivity index (χ1v) is 7.46. The third-order valence-corrected chi connectivity index (χ3v) is 3.71. The number of nitriles is 2. The molecule has 1 unspecified atom stereocenters. The van der Waals surface area contributed by atoms with Crippen molar-refractivity contribution >= 4 is 11.6 Å². The lowest BCUT2D eigenvalue weighted by Gasteiger charge is -2.15. The van der Waals surface area contributed by atoms with E-state index in [9.17, 15) is 4.79 Å². The van der Waals surface area contributed by atoms with Crippen LogP contribution in [0.2, 0.25) is 0 Å². The largest absolute Gasteiger partial charge is 0.496 e. The van der Waals surface area contributed by atoms with Crippen molar-refractivity contribution in [3.8, 4) is 17.9 Å². The van der Waals surface area contributed by atoms with E-state index >= 15 is 0 Å². The van der Waals surface area contributed by atoms with Crippen LogP contribution in [0.1, 0.15) is 36.0 Å². The number of para-hydroxylation sites is 1. The molecule has 1 amide bonds. The molecule has 0 aliphatic heterocycles. The number of benzene rings is 2. The maximum absolute atomic E-state index is 12.3. The Morgan fingerprint density at radius 2 is 1.88 bits per heavy atom. The van der Waals surface area contributed by atoms with Crippen molar-refractivity contribution in [3.63, 3.8) is 0 Å². The third kappa shape index (κ3) is 3.91. The number of anilines is 1. The highest BCUT2D eigenvalue weighted by Crippen LogP contribution is 2.28. The minimum Gasteiger partial charge on any atom is -0.496 e. The predicted molar refractivity (Wildman–Crippen MR) is 90.5 cm³/mol. The molecule has 2 aromatic rings. The molecule has 1 atom stereocenters. The van der Waals surface area contributed by atoms with Crippen LogP contribution in [-0.2, 0) is 4.79 Å². The minimum atomic E-state index is -0.165. The predicted octanol–water partition coefficient (Wildman–Crippen LogP) is 3.57. The number of carbonyl (C=O) groups is 1. The molecule has 1 N–H and O–H groups in total. The highest BCUT2D eigenvalue weighted by atomic mass is 16.5. The first kappa shape index (κ1) is 17.1. The quantitative estimate of drug-likeness (QED) is 0.912. The van der Waals surface area contributed by atoms with Crippen LogP contribution in [0.3, 0.4) is 0 Å². The molecule has 0 aliphatic carbocycles. The lowest BCUT2D eigenvalue weighted by molar-refractivity contribution is -0.116. The normalized spacial score (nSPS) is 11.0. The molecule has 0 spiro atoms. The summed E-state index contributed by atoms with van der Waals surface area (Å²) >= 11 is 0. The summed E-state index contributed by atoms with van der Waals surface area (Å²) in [4.78, 5) is 12.3. The molecule has 0 fully saturated rings. The second-order valence-electron chi connectivity index (χ2n) is 5.38. The molecule has 120 valence electrons. The summed E-state index contributed by atoms with van der Waals surface area (Å²) in [6.45, 7) is 1.96. The molecular weight excluding hydrogens is 302 g/mol. The molecule has 2 aromatic carbocycles. The summed E-state index contributed by atoms with van der Waals surface area (Å²) in [5, 5.41) is 20.7. The van der Waals surface area contributed by atoms with Crippen molar-refractivity contribution in [3.05, 3.63) is 59.2 Å². The number of amides is 1. The standard InChI is InChI=1S/C19H17N3O2/c1-13(17-5-3-4-6-18(17)24-2)9-19(23)22-16-8-7-14(11-20)15(10-16)12-21/h3-8,10,13H,9H2,1-2H3,(H,22,23). The smallest absolute Gasteiger partial charge is 0.224 e. The molecule has 0 saturated heterocycles. The van der Waals surface area contributed by atoms with Crippen molar-refractivity contribution in [1.29, 1.82) is 10.5 Å². The zero-order chi connectivity index (χ0) is 17.5. The number of hydrogen-bond acceptors (Lipinski definition) is 4. The van der Waals surface area contributed by atoms with Gasteiger partial charge in [-0.05, 0) is 35.7 Å². The number of nitrogens with one attached hydrogen (secondary N) is 1. The van der Waals surface area contributed by atoms with Gasteiger partial charge in [0.25, 0.3) is 0 Å². The van der Waals surface area contributed by atoms with E-state index in [4.69, 9.17) is 15.3 Å². The van der Waals surface area contributed by atoms with E-state index in [0.717, 1.165) is 11.3 Å². The van der Waals surface area contributed by atoms with Crippen LogP contribution in [0.5, 0.6) is 5.75 Å². The summed E-state index contributed by atoms with van der Waals surface area (Å²) in [7, 11) is 1.60. The Hall–Kier alpha value is -3.31. The topological polar surface area (TPSA) is 85.9 Å². The van der Waals surface area contributed by atoms with Crippen molar-refractivity contribution in [1.82, 2.24) is 0 Å². The number of methoxy groups -OCH3 is 1. The maximum atomic E-state index is 12.3. The van der Waals surface area contributed by atoms with E-state index in [1.54, 1.807) is 13.2 Å². The molecule has 0 bridgehead atoms. The van der Waals surface area contributed by atoms with E-state index in [0.29, 0.717) is 5.69 Å². The Balaban J connectivity index is 2.08. The average Bonchev–Trinajstić information content (AvgIpc) is 2.61. The van der Waals surface area contributed by atoms with Crippen molar-refractivity contribution in [2.75, 3.05) is 12.4 Å². The van der Waals surface area contributed by atoms with E-state index in [1.165, 1.54) is 12.1 Å². The van der Waals surface area contributed by atoms with Gasteiger partial charge in [0.15, 0.2) is 0 Å². The number of carbonyl (C=O) groups excluding carboxylic acids is 1. The first-order valence-electron chi connectivity index (χ1n) is 7.46. The molecule has 5 heteroatoms.